The molecular weight excluding hydrogens is 1460 g/mol. The number of aliphatic hydroxyl groups is 11. The number of hydrogen-bond donors (Lipinski definition) is 12. The Morgan fingerprint density at radius 3 is 0.896 bits per heavy atom. The SMILES string of the molecule is CCCCCCC/C=C\C/C=C\C/C=C\CCCCCCCCCCCCCCCCCCCCCCCCCCCCC(=O)NC(COC1OC(CO)C(OC2OC(CO)C(OC3OC(CO)C(O)C(O)C3O)C(O)C2O)C(O)C1O)C(O)/C=C/CCCCCCCCCCCCCCCCCCCCCCCCCCCCC. The van der Waals surface area contributed by atoms with E-state index in [0.29, 0.717) is 6.42 Å². The Morgan fingerprint density at radius 2 is 0.574 bits per heavy atom. The van der Waals surface area contributed by atoms with Gasteiger partial charge in [0.05, 0.1) is 38.6 Å². The van der Waals surface area contributed by atoms with E-state index < -0.39 is 124 Å². The van der Waals surface area contributed by atoms with E-state index in [1.165, 1.54) is 340 Å². The highest BCUT2D eigenvalue weighted by atomic mass is 16.8. The molecule has 1 amide bonds. The molecule has 0 saturated carbocycles. The summed E-state index contributed by atoms with van der Waals surface area (Å²) in [5, 5.41) is 121. The van der Waals surface area contributed by atoms with Crippen molar-refractivity contribution in [3.8, 4) is 0 Å². The number of rotatable bonds is 80. The smallest absolute Gasteiger partial charge is 0.220 e. The van der Waals surface area contributed by atoms with Crippen LogP contribution in [-0.4, -0.2) is 193 Å². The molecule has 17 atom stereocenters. The van der Waals surface area contributed by atoms with Crippen LogP contribution in [0.5, 0.6) is 0 Å². The van der Waals surface area contributed by atoms with E-state index in [0.717, 1.165) is 57.8 Å². The fourth-order valence-electron chi connectivity index (χ4n) is 16.4. The van der Waals surface area contributed by atoms with Crippen LogP contribution in [0.15, 0.2) is 48.6 Å². The molecule has 0 spiro atoms. The summed E-state index contributed by atoms with van der Waals surface area (Å²) in [6.07, 6.45) is 72.8. The Balaban J connectivity index is 1.28. The molecule has 0 radical (unpaired) electrons. The third-order valence-electron chi connectivity index (χ3n) is 24.1. The molecule has 0 aromatic rings. The van der Waals surface area contributed by atoms with Gasteiger partial charge in [0.15, 0.2) is 18.9 Å². The average Bonchev–Trinajstić information content (AvgIpc) is 0.778. The van der Waals surface area contributed by atoms with E-state index in [-0.39, 0.29) is 18.9 Å². The summed E-state index contributed by atoms with van der Waals surface area (Å²) in [5.74, 6) is -0.266. The van der Waals surface area contributed by atoms with Gasteiger partial charge in [0.1, 0.15) is 73.2 Å². The lowest BCUT2D eigenvalue weighted by molar-refractivity contribution is -0.379. The Hall–Kier alpha value is -2.25. The summed E-state index contributed by atoms with van der Waals surface area (Å²) in [6, 6.07) is -0.974. The summed E-state index contributed by atoms with van der Waals surface area (Å²) >= 11 is 0. The summed E-state index contributed by atoms with van der Waals surface area (Å²) in [6.45, 7) is 1.80. The monoisotopic (exact) mass is 1630 g/mol. The standard InChI is InChI=1S/C96H179NO18/c1-3-5-7-9-11-13-15-17-19-21-23-25-27-29-31-33-34-35-36-37-38-39-40-41-42-43-44-46-48-50-52-54-56-58-60-62-64-66-68-70-72-74-84(102)97-79(80(101)73-71-69-67-65-63-61-59-57-55-53-51-49-47-45-32-30-28-26-24-22-20-18-16-14-12-10-8-6-4-2)78-110-94-90(108)87(105)92(82(76-99)112-94)115-96-91(109)88(106)93(83(77-100)113-96)114-95-89(107)86(104)85(103)81(75-98)111-95/h15,17,21,23,27,29,71,73,79-83,85-96,98-101,103-109H,3-14,16,18-20,22,24-26,28,30-70,72,74-78H2,1-2H3,(H,97,102)/b17-15-,23-21-,29-27-,73-71+. The Kier molecular flexibility index (Phi) is 70.2. The minimum absolute atomic E-state index is 0.248. The molecule has 19 heteroatoms. The minimum Gasteiger partial charge on any atom is -0.394 e. The molecule has 3 aliphatic heterocycles. The van der Waals surface area contributed by atoms with E-state index in [2.05, 4.69) is 55.6 Å². The lowest BCUT2D eigenvalue weighted by Crippen LogP contribution is -2.66. The molecule has 3 rings (SSSR count). The molecule has 115 heavy (non-hydrogen) atoms. The van der Waals surface area contributed by atoms with Crippen LogP contribution in [0.2, 0.25) is 0 Å². The van der Waals surface area contributed by atoms with Crippen molar-refractivity contribution in [2.24, 2.45) is 0 Å². The Morgan fingerprint density at radius 1 is 0.313 bits per heavy atom. The van der Waals surface area contributed by atoms with Gasteiger partial charge in [-0.1, -0.05) is 409 Å². The maximum absolute atomic E-state index is 13.5. The summed E-state index contributed by atoms with van der Waals surface area (Å²) in [7, 11) is 0. The third-order valence-corrected chi connectivity index (χ3v) is 24.1. The Labute approximate surface area is 701 Å². The molecule has 0 aliphatic carbocycles. The third kappa shape index (κ3) is 53.4. The van der Waals surface area contributed by atoms with Crippen LogP contribution in [0.3, 0.4) is 0 Å². The van der Waals surface area contributed by atoms with E-state index >= 15 is 0 Å². The predicted molar refractivity (Wildman–Crippen MR) is 466 cm³/mol. The molecule has 3 heterocycles. The summed E-state index contributed by atoms with van der Waals surface area (Å²) < 4.78 is 34.6. The van der Waals surface area contributed by atoms with Gasteiger partial charge in [0, 0.05) is 6.42 Å². The maximum Gasteiger partial charge on any atom is 0.220 e. The topological polar surface area (TPSA) is 307 Å². The van der Waals surface area contributed by atoms with Gasteiger partial charge in [-0.25, -0.2) is 0 Å². The first-order valence-corrected chi connectivity index (χ1v) is 48.4. The van der Waals surface area contributed by atoms with Crippen molar-refractivity contribution in [1.82, 2.24) is 5.32 Å². The zero-order chi connectivity index (χ0) is 83.1. The lowest BCUT2D eigenvalue weighted by Gasteiger charge is -2.48. The molecule has 3 fully saturated rings. The van der Waals surface area contributed by atoms with Crippen LogP contribution >= 0.6 is 0 Å². The van der Waals surface area contributed by atoms with E-state index in [9.17, 15) is 61.0 Å². The molecule has 0 aromatic carbocycles. The molecule has 17 unspecified atom stereocenters. The van der Waals surface area contributed by atoms with Crippen molar-refractivity contribution in [2.45, 2.75) is 529 Å². The number of aliphatic hydroxyl groups excluding tert-OH is 11. The first-order chi connectivity index (χ1) is 56.3. The second kappa shape index (κ2) is 75.5. The number of unbranched alkanes of at least 4 members (excludes halogenated alkanes) is 58. The zero-order valence-electron chi connectivity index (χ0n) is 73.3. The van der Waals surface area contributed by atoms with Crippen LogP contribution < -0.4 is 5.32 Å². The molecule has 0 aromatic heterocycles. The van der Waals surface area contributed by atoms with Crippen LogP contribution in [0.4, 0.5) is 0 Å². The van der Waals surface area contributed by atoms with Crippen LogP contribution in [0, 0.1) is 0 Å². The minimum atomic E-state index is -1.98. The predicted octanol–water partition coefficient (Wildman–Crippen LogP) is 19.5. The number of carbonyl (C=O) groups is 1. The molecule has 3 aliphatic rings. The lowest BCUT2D eigenvalue weighted by atomic mass is 9.96. The fourth-order valence-corrected chi connectivity index (χ4v) is 16.4. The van der Waals surface area contributed by atoms with E-state index in [1.807, 2.05) is 6.08 Å². The van der Waals surface area contributed by atoms with Crippen LogP contribution in [0.1, 0.15) is 425 Å². The summed E-state index contributed by atoms with van der Waals surface area (Å²) in [4.78, 5) is 13.5. The molecule has 12 N–H and O–H groups in total. The number of allylic oxidation sites excluding steroid dienone is 7. The van der Waals surface area contributed by atoms with Gasteiger partial charge in [-0.2, -0.15) is 0 Å². The van der Waals surface area contributed by atoms with Crippen molar-refractivity contribution in [3.63, 3.8) is 0 Å². The van der Waals surface area contributed by atoms with Crippen molar-refractivity contribution in [3.05, 3.63) is 48.6 Å². The number of hydrogen-bond acceptors (Lipinski definition) is 18. The molecular formula is C96H179NO18. The highest BCUT2D eigenvalue weighted by Crippen LogP contribution is 2.34. The first kappa shape index (κ1) is 107. The molecule has 19 nitrogen and oxygen atoms in total. The van der Waals surface area contributed by atoms with Gasteiger partial charge < -0.3 is 89.9 Å². The van der Waals surface area contributed by atoms with Crippen molar-refractivity contribution in [1.29, 1.82) is 0 Å². The largest absolute Gasteiger partial charge is 0.394 e. The normalized spacial score (nSPS) is 24.8. The van der Waals surface area contributed by atoms with E-state index in [1.54, 1.807) is 6.08 Å². The van der Waals surface area contributed by atoms with Gasteiger partial charge in [0.2, 0.25) is 5.91 Å². The van der Waals surface area contributed by atoms with Crippen LogP contribution in [-0.2, 0) is 33.2 Å². The number of nitrogens with one attached hydrogen (secondary N) is 1. The molecule has 0 bridgehead atoms. The maximum atomic E-state index is 13.5. The van der Waals surface area contributed by atoms with Crippen molar-refractivity contribution >= 4 is 5.91 Å². The number of amides is 1. The molecule has 3 saturated heterocycles. The van der Waals surface area contributed by atoms with Gasteiger partial charge in [-0.05, 0) is 57.8 Å². The quantitative estimate of drug-likeness (QED) is 0.0199. The highest BCUT2D eigenvalue weighted by molar-refractivity contribution is 5.76. The second-order valence-electron chi connectivity index (χ2n) is 34.5. The van der Waals surface area contributed by atoms with Crippen molar-refractivity contribution in [2.75, 3.05) is 26.4 Å². The van der Waals surface area contributed by atoms with E-state index in [4.69, 9.17) is 28.4 Å². The first-order valence-electron chi connectivity index (χ1n) is 48.4. The second-order valence-corrected chi connectivity index (χ2v) is 34.5. The van der Waals surface area contributed by atoms with Gasteiger partial charge in [-0.15, -0.1) is 0 Å². The molecule has 676 valence electrons. The summed E-state index contributed by atoms with van der Waals surface area (Å²) in [5.41, 5.74) is 0. The Bertz CT molecular complexity index is 2260. The van der Waals surface area contributed by atoms with Gasteiger partial charge in [0.25, 0.3) is 0 Å². The number of ether oxygens (including phenoxy) is 6. The number of carbonyl (C=O) groups excluding carboxylic acids is 1. The zero-order valence-corrected chi connectivity index (χ0v) is 73.3. The average molecular weight is 1640 g/mol. The van der Waals surface area contributed by atoms with Gasteiger partial charge >= 0.3 is 0 Å². The highest BCUT2D eigenvalue weighted by Gasteiger charge is 2.54. The van der Waals surface area contributed by atoms with Gasteiger partial charge in [-0.3, -0.25) is 4.79 Å². The van der Waals surface area contributed by atoms with Crippen molar-refractivity contribution < 1.29 is 89.4 Å². The van der Waals surface area contributed by atoms with Crippen LogP contribution in [0.25, 0.3) is 0 Å². The fraction of sp³-hybridized carbons (Fsp3) is 0.906.